The minimum Gasteiger partial charge on any atom is -0.463 e. The molecule has 1 atom stereocenters. The van der Waals surface area contributed by atoms with Crippen molar-refractivity contribution in [3.05, 3.63) is 35.9 Å². The van der Waals surface area contributed by atoms with Crippen LogP contribution in [0, 0.1) is 0 Å². The number of esters is 1. The number of halogens is 1. The summed E-state index contributed by atoms with van der Waals surface area (Å²) < 4.78 is 10.3. The number of amides is 1. The van der Waals surface area contributed by atoms with E-state index < -0.39 is 5.60 Å². The molecule has 0 aliphatic rings. The zero-order valence-corrected chi connectivity index (χ0v) is 16.9. The van der Waals surface area contributed by atoms with Crippen molar-refractivity contribution in [1.82, 2.24) is 4.90 Å². The maximum absolute atomic E-state index is 12.1. The largest absolute Gasteiger partial charge is 0.463 e. The lowest BCUT2D eigenvalue weighted by molar-refractivity contribution is -0.143. The van der Waals surface area contributed by atoms with E-state index in [1.165, 1.54) is 0 Å². The zero-order valence-electron chi connectivity index (χ0n) is 14.8. The first-order chi connectivity index (χ1) is 11.2. The van der Waals surface area contributed by atoms with Crippen molar-refractivity contribution >= 4 is 34.7 Å². The van der Waals surface area contributed by atoms with Gasteiger partial charge in [0.2, 0.25) is 0 Å². The van der Waals surface area contributed by atoms with Gasteiger partial charge in [-0.2, -0.15) is 0 Å². The number of ether oxygens (including phenoxy) is 2. The highest BCUT2D eigenvalue weighted by atomic mass is 127. The zero-order chi connectivity index (χ0) is 18.2. The molecule has 134 valence electrons. The Kier molecular flexibility index (Phi) is 8.52. The fraction of sp³-hybridized carbons (Fsp3) is 0.556. The Morgan fingerprint density at radius 1 is 1.17 bits per heavy atom. The van der Waals surface area contributed by atoms with Gasteiger partial charge in [-0.1, -0.05) is 59.8 Å². The van der Waals surface area contributed by atoms with Crippen LogP contribution in [-0.2, 0) is 14.3 Å². The first kappa shape index (κ1) is 20.7. The summed E-state index contributed by atoms with van der Waals surface area (Å²) in [4.78, 5) is 25.8. The van der Waals surface area contributed by atoms with E-state index in [-0.39, 0.29) is 22.6 Å². The van der Waals surface area contributed by atoms with Crippen molar-refractivity contribution in [2.45, 2.75) is 43.6 Å². The smallest absolute Gasteiger partial charge is 0.410 e. The Balaban J connectivity index is 2.50. The monoisotopic (exact) mass is 447 g/mol. The third-order valence-electron chi connectivity index (χ3n) is 3.05. The molecular formula is C18H26INO4. The number of rotatable bonds is 7. The van der Waals surface area contributed by atoms with Gasteiger partial charge in [0.1, 0.15) is 16.1 Å². The number of benzene rings is 1. The highest BCUT2D eigenvalue weighted by Gasteiger charge is 2.23. The van der Waals surface area contributed by atoms with Gasteiger partial charge < -0.3 is 14.4 Å². The third-order valence-corrected chi connectivity index (χ3v) is 4.28. The Morgan fingerprint density at radius 3 is 2.33 bits per heavy atom. The second-order valence-corrected chi connectivity index (χ2v) is 7.65. The average Bonchev–Trinajstić information content (AvgIpc) is 2.52. The minimum atomic E-state index is -0.541. The highest BCUT2D eigenvalue weighted by Crippen LogP contribution is 2.24. The summed E-state index contributed by atoms with van der Waals surface area (Å²) in [6.45, 7) is 8.52. The van der Waals surface area contributed by atoms with Crippen molar-refractivity contribution in [2.75, 3.05) is 19.7 Å². The molecule has 0 aromatic heterocycles. The summed E-state index contributed by atoms with van der Waals surface area (Å²) in [7, 11) is 0. The SMILES string of the molecule is CCCN(CCOC(=O)C(I)c1ccccc1)C(=O)OC(C)(C)C. The van der Waals surface area contributed by atoms with Crippen molar-refractivity contribution in [1.29, 1.82) is 0 Å². The molecule has 0 bridgehead atoms. The van der Waals surface area contributed by atoms with Gasteiger partial charge in [0.25, 0.3) is 0 Å². The molecule has 0 aliphatic heterocycles. The maximum atomic E-state index is 12.1. The van der Waals surface area contributed by atoms with Crippen LogP contribution in [0.3, 0.4) is 0 Å². The van der Waals surface area contributed by atoms with Crippen LogP contribution in [0.1, 0.15) is 43.6 Å². The van der Waals surface area contributed by atoms with Crippen LogP contribution < -0.4 is 0 Å². The first-order valence-corrected chi connectivity index (χ1v) is 9.32. The van der Waals surface area contributed by atoms with E-state index in [4.69, 9.17) is 9.47 Å². The molecule has 1 aromatic rings. The molecule has 0 N–H and O–H groups in total. The number of carbonyl (C=O) groups is 2. The van der Waals surface area contributed by atoms with Crippen molar-refractivity contribution in [3.8, 4) is 0 Å². The number of nitrogens with zero attached hydrogens (tertiary/aromatic N) is 1. The quantitative estimate of drug-likeness (QED) is 0.354. The predicted octanol–water partition coefficient (Wildman–Crippen LogP) is 4.35. The average molecular weight is 447 g/mol. The molecular weight excluding hydrogens is 421 g/mol. The molecule has 5 nitrogen and oxygen atoms in total. The lowest BCUT2D eigenvalue weighted by Crippen LogP contribution is -2.39. The Bertz CT molecular complexity index is 528. The molecule has 0 saturated heterocycles. The van der Waals surface area contributed by atoms with E-state index in [0.29, 0.717) is 13.1 Å². The van der Waals surface area contributed by atoms with Gasteiger partial charge >= 0.3 is 12.1 Å². The van der Waals surface area contributed by atoms with Crippen molar-refractivity contribution in [3.63, 3.8) is 0 Å². The molecule has 1 unspecified atom stereocenters. The van der Waals surface area contributed by atoms with Gasteiger partial charge in [0.15, 0.2) is 0 Å². The van der Waals surface area contributed by atoms with Gasteiger partial charge in [-0.3, -0.25) is 4.79 Å². The molecule has 1 rings (SSSR count). The van der Waals surface area contributed by atoms with Gasteiger partial charge in [0, 0.05) is 6.54 Å². The molecule has 1 amide bonds. The molecule has 1 aromatic carbocycles. The number of hydrogen-bond donors (Lipinski definition) is 0. The lowest BCUT2D eigenvalue weighted by Gasteiger charge is -2.27. The molecule has 0 spiro atoms. The summed E-state index contributed by atoms with van der Waals surface area (Å²) >= 11 is 2.06. The van der Waals surface area contributed by atoms with E-state index >= 15 is 0 Å². The Labute approximate surface area is 157 Å². The van der Waals surface area contributed by atoms with E-state index in [9.17, 15) is 9.59 Å². The summed E-state index contributed by atoms with van der Waals surface area (Å²) in [6, 6.07) is 9.46. The number of carbonyl (C=O) groups excluding carboxylic acids is 2. The van der Waals surface area contributed by atoms with Gasteiger partial charge in [0.05, 0.1) is 6.54 Å². The topological polar surface area (TPSA) is 55.8 Å². The van der Waals surface area contributed by atoms with Crippen LogP contribution in [0.15, 0.2) is 30.3 Å². The van der Waals surface area contributed by atoms with Gasteiger partial charge in [-0.15, -0.1) is 0 Å². The minimum absolute atomic E-state index is 0.157. The predicted molar refractivity (Wildman–Crippen MR) is 102 cm³/mol. The molecule has 0 heterocycles. The van der Waals surface area contributed by atoms with Crippen molar-refractivity contribution in [2.24, 2.45) is 0 Å². The van der Waals surface area contributed by atoms with E-state index in [1.54, 1.807) is 4.90 Å². The van der Waals surface area contributed by atoms with Crippen molar-refractivity contribution < 1.29 is 19.1 Å². The van der Waals surface area contributed by atoms with Crippen LogP contribution >= 0.6 is 22.6 Å². The standard InChI is InChI=1S/C18H26INO4/c1-5-11-20(17(22)24-18(2,3)4)12-13-23-16(21)15(19)14-9-7-6-8-10-14/h6-10,15H,5,11-13H2,1-4H3. The molecule has 0 aliphatic carbocycles. The van der Waals surface area contributed by atoms with Crippen LogP contribution in [-0.4, -0.2) is 42.3 Å². The number of alkyl halides is 1. The lowest BCUT2D eigenvalue weighted by atomic mass is 10.2. The molecule has 0 fully saturated rings. The Hall–Kier alpha value is -1.31. The third kappa shape index (κ3) is 7.51. The molecule has 24 heavy (non-hydrogen) atoms. The molecule has 6 heteroatoms. The highest BCUT2D eigenvalue weighted by molar-refractivity contribution is 14.1. The summed E-state index contributed by atoms with van der Waals surface area (Å²) in [5, 5.41) is 0. The second-order valence-electron chi connectivity index (χ2n) is 6.41. The summed E-state index contributed by atoms with van der Waals surface area (Å²) in [5.41, 5.74) is 0.362. The fourth-order valence-corrected chi connectivity index (χ4v) is 2.57. The fourth-order valence-electron chi connectivity index (χ4n) is 1.98. The van der Waals surface area contributed by atoms with Gasteiger partial charge in [-0.25, -0.2) is 4.79 Å². The van der Waals surface area contributed by atoms with E-state index in [1.807, 2.05) is 58.0 Å². The van der Waals surface area contributed by atoms with E-state index in [0.717, 1.165) is 12.0 Å². The normalized spacial score (nSPS) is 12.4. The maximum Gasteiger partial charge on any atom is 0.410 e. The van der Waals surface area contributed by atoms with Crippen LogP contribution in [0.4, 0.5) is 4.79 Å². The van der Waals surface area contributed by atoms with Crippen LogP contribution in [0.25, 0.3) is 0 Å². The second kappa shape index (κ2) is 9.86. The Morgan fingerprint density at radius 2 is 1.79 bits per heavy atom. The molecule has 0 radical (unpaired) electrons. The number of hydrogen-bond acceptors (Lipinski definition) is 4. The summed E-state index contributed by atoms with van der Waals surface area (Å²) in [5.74, 6) is -0.303. The van der Waals surface area contributed by atoms with Crippen LogP contribution in [0.2, 0.25) is 0 Å². The summed E-state index contributed by atoms with van der Waals surface area (Å²) in [6.07, 6.45) is 0.432. The van der Waals surface area contributed by atoms with Gasteiger partial charge in [-0.05, 0) is 32.8 Å². The van der Waals surface area contributed by atoms with E-state index in [2.05, 4.69) is 22.6 Å². The molecule has 0 saturated carbocycles. The first-order valence-electron chi connectivity index (χ1n) is 8.08. The van der Waals surface area contributed by atoms with Crippen LogP contribution in [0.5, 0.6) is 0 Å².